The molecular formula is C12H8FO2. The van der Waals surface area contributed by atoms with Crippen LogP contribution in [0.25, 0.3) is 0 Å². The summed E-state index contributed by atoms with van der Waals surface area (Å²) < 4.78 is 17.9. The quantitative estimate of drug-likeness (QED) is 0.730. The van der Waals surface area contributed by atoms with E-state index in [-0.39, 0.29) is 11.6 Å². The SMILES string of the molecule is [O]c1cccc(Oc2ccc(F)cc2)c1. The van der Waals surface area contributed by atoms with E-state index >= 15 is 0 Å². The minimum Gasteiger partial charge on any atom is -0.457 e. The molecule has 0 heterocycles. The van der Waals surface area contributed by atoms with Gasteiger partial charge in [-0.05, 0) is 36.4 Å². The maximum absolute atomic E-state index is 12.6. The van der Waals surface area contributed by atoms with Gasteiger partial charge in [0.05, 0.1) is 0 Å². The highest BCUT2D eigenvalue weighted by Crippen LogP contribution is 2.24. The molecule has 0 aliphatic rings. The van der Waals surface area contributed by atoms with Crippen molar-refractivity contribution in [1.29, 1.82) is 0 Å². The van der Waals surface area contributed by atoms with Gasteiger partial charge in [-0.3, -0.25) is 5.11 Å². The number of ether oxygens (including phenoxy) is 1. The lowest BCUT2D eigenvalue weighted by atomic mass is 10.3. The van der Waals surface area contributed by atoms with Gasteiger partial charge in [-0.1, -0.05) is 6.07 Å². The van der Waals surface area contributed by atoms with Gasteiger partial charge in [0.15, 0.2) is 5.75 Å². The molecule has 0 amide bonds. The molecule has 2 nitrogen and oxygen atoms in total. The van der Waals surface area contributed by atoms with Crippen LogP contribution in [0.5, 0.6) is 17.2 Å². The van der Waals surface area contributed by atoms with Crippen LogP contribution in [-0.2, 0) is 5.11 Å². The number of halogens is 1. The van der Waals surface area contributed by atoms with Crippen LogP contribution < -0.4 is 4.74 Å². The molecule has 0 aromatic heterocycles. The number of hydrogen-bond donors (Lipinski definition) is 0. The minimum atomic E-state index is -0.320. The maximum atomic E-state index is 12.6. The Bertz CT molecular complexity index is 451. The van der Waals surface area contributed by atoms with Crippen LogP contribution >= 0.6 is 0 Å². The fraction of sp³-hybridized carbons (Fsp3) is 0. The molecule has 2 rings (SSSR count). The lowest BCUT2D eigenvalue weighted by molar-refractivity contribution is 0.352. The zero-order valence-corrected chi connectivity index (χ0v) is 7.81. The second-order valence-corrected chi connectivity index (χ2v) is 3.03. The van der Waals surface area contributed by atoms with Gasteiger partial charge in [0.1, 0.15) is 17.3 Å². The largest absolute Gasteiger partial charge is 0.457 e. The van der Waals surface area contributed by atoms with Gasteiger partial charge >= 0.3 is 0 Å². The topological polar surface area (TPSA) is 29.1 Å². The van der Waals surface area contributed by atoms with Crippen LogP contribution in [-0.4, -0.2) is 0 Å². The second-order valence-electron chi connectivity index (χ2n) is 3.03. The fourth-order valence-corrected chi connectivity index (χ4v) is 1.18. The summed E-state index contributed by atoms with van der Waals surface area (Å²) in [6.45, 7) is 0. The third-order valence-electron chi connectivity index (χ3n) is 1.85. The molecule has 2 aromatic carbocycles. The van der Waals surface area contributed by atoms with E-state index in [1.807, 2.05) is 0 Å². The van der Waals surface area contributed by atoms with Gasteiger partial charge in [0, 0.05) is 6.07 Å². The molecule has 0 aliphatic heterocycles. The van der Waals surface area contributed by atoms with Crippen molar-refractivity contribution < 1.29 is 14.2 Å². The zero-order chi connectivity index (χ0) is 10.7. The Morgan fingerprint density at radius 3 is 2.33 bits per heavy atom. The first-order valence-electron chi connectivity index (χ1n) is 4.44. The highest BCUT2D eigenvalue weighted by Gasteiger charge is 1.99. The predicted octanol–water partition coefficient (Wildman–Crippen LogP) is 3.76. The van der Waals surface area contributed by atoms with E-state index in [4.69, 9.17) is 4.74 Å². The number of rotatable bonds is 2. The average Bonchev–Trinajstić information content (AvgIpc) is 2.22. The van der Waals surface area contributed by atoms with Gasteiger partial charge in [-0.15, -0.1) is 0 Å². The summed E-state index contributed by atoms with van der Waals surface area (Å²) in [5, 5.41) is 11.0. The molecule has 0 aliphatic carbocycles. The van der Waals surface area contributed by atoms with Crippen LogP contribution in [0.1, 0.15) is 0 Å². The molecule has 0 fully saturated rings. The van der Waals surface area contributed by atoms with Gasteiger partial charge in [-0.25, -0.2) is 4.39 Å². The van der Waals surface area contributed by atoms with E-state index in [1.54, 1.807) is 12.1 Å². The molecule has 0 atom stereocenters. The summed E-state index contributed by atoms with van der Waals surface area (Å²) in [5.74, 6) is 0.519. The normalized spacial score (nSPS) is 9.93. The average molecular weight is 203 g/mol. The van der Waals surface area contributed by atoms with E-state index in [1.165, 1.54) is 36.4 Å². The Labute approximate surface area is 86.6 Å². The monoisotopic (exact) mass is 203 g/mol. The molecule has 0 spiro atoms. The van der Waals surface area contributed by atoms with Crippen LogP contribution in [0.15, 0.2) is 48.5 Å². The smallest absolute Gasteiger partial charge is 0.182 e. The van der Waals surface area contributed by atoms with Gasteiger partial charge in [0.2, 0.25) is 0 Å². The molecule has 75 valence electrons. The lowest BCUT2D eigenvalue weighted by Gasteiger charge is -2.04. The fourth-order valence-electron chi connectivity index (χ4n) is 1.18. The Kier molecular flexibility index (Phi) is 2.54. The third-order valence-corrected chi connectivity index (χ3v) is 1.85. The van der Waals surface area contributed by atoms with Crippen molar-refractivity contribution in [2.24, 2.45) is 0 Å². The van der Waals surface area contributed by atoms with Crippen LogP contribution in [0, 0.1) is 5.82 Å². The second kappa shape index (κ2) is 4.00. The number of benzene rings is 2. The van der Waals surface area contributed by atoms with Crippen molar-refractivity contribution >= 4 is 0 Å². The number of hydrogen-bond acceptors (Lipinski definition) is 1. The molecule has 0 saturated carbocycles. The summed E-state index contributed by atoms with van der Waals surface area (Å²) in [4.78, 5) is 0. The molecule has 2 aromatic rings. The Balaban J connectivity index is 2.18. The molecular weight excluding hydrogens is 195 g/mol. The van der Waals surface area contributed by atoms with Crippen molar-refractivity contribution in [1.82, 2.24) is 0 Å². The van der Waals surface area contributed by atoms with E-state index in [0.29, 0.717) is 11.5 Å². The Morgan fingerprint density at radius 2 is 1.67 bits per heavy atom. The van der Waals surface area contributed by atoms with Gasteiger partial charge in [0.25, 0.3) is 0 Å². The summed E-state index contributed by atoms with van der Waals surface area (Å²) in [6, 6.07) is 11.7. The highest BCUT2D eigenvalue weighted by atomic mass is 19.1. The van der Waals surface area contributed by atoms with Gasteiger partial charge < -0.3 is 4.74 Å². The molecule has 0 bridgehead atoms. The summed E-state index contributed by atoms with van der Waals surface area (Å²) in [5.41, 5.74) is 0. The predicted molar refractivity (Wildman–Crippen MR) is 53.0 cm³/mol. The van der Waals surface area contributed by atoms with Crippen LogP contribution in [0.2, 0.25) is 0 Å². The summed E-state index contributed by atoms with van der Waals surface area (Å²) in [7, 11) is 0. The molecule has 3 heteroatoms. The standard InChI is InChI=1S/C12H8FO2/c13-9-4-6-11(7-5-9)15-12-3-1-2-10(14)8-12/h1-8H. The highest BCUT2D eigenvalue weighted by molar-refractivity contribution is 5.35. The van der Waals surface area contributed by atoms with Crippen molar-refractivity contribution in [3.8, 4) is 17.2 Å². The Morgan fingerprint density at radius 1 is 0.933 bits per heavy atom. The van der Waals surface area contributed by atoms with Crippen molar-refractivity contribution in [3.63, 3.8) is 0 Å². The van der Waals surface area contributed by atoms with E-state index < -0.39 is 0 Å². The van der Waals surface area contributed by atoms with Crippen LogP contribution in [0.3, 0.4) is 0 Å². The first kappa shape index (κ1) is 9.52. The van der Waals surface area contributed by atoms with Gasteiger partial charge in [-0.2, -0.15) is 0 Å². The van der Waals surface area contributed by atoms with E-state index in [2.05, 4.69) is 0 Å². The van der Waals surface area contributed by atoms with Crippen molar-refractivity contribution in [2.75, 3.05) is 0 Å². The third kappa shape index (κ3) is 2.47. The first-order valence-corrected chi connectivity index (χ1v) is 4.44. The summed E-state index contributed by atoms with van der Waals surface area (Å²) in [6.07, 6.45) is 0. The Hall–Kier alpha value is -2.03. The maximum Gasteiger partial charge on any atom is 0.182 e. The van der Waals surface area contributed by atoms with E-state index in [0.717, 1.165) is 0 Å². The molecule has 0 unspecified atom stereocenters. The lowest BCUT2D eigenvalue weighted by Crippen LogP contribution is -1.83. The zero-order valence-electron chi connectivity index (χ0n) is 7.81. The van der Waals surface area contributed by atoms with Crippen molar-refractivity contribution in [2.45, 2.75) is 0 Å². The first-order chi connectivity index (χ1) is 7.24. The minimum absolute atomic E-state index is 0.116. The molecule has 0 saturated heterocycles. The molecule has 1 radical (unpaired) electrons. The van der Waals surface area contributed by atoms with E-state index in [9.17, 15) is 9.50 Å². The molecule has 15 heavy (non-hydrogen) atoms. The van der Waals surface area contributed by atoms with Crippen LogP contribution in [0.4, 0.5) is 4.39 Å². The molecule has 0 N–H and O–H groups in total. The summed E-state index contributed by atoms with van der Waals surface area (Å²) >= 11 is 0. The van der Waals surface area contributed by atoms with Crippen molar-refractivity contribution in [3.05, 3.63) is 54.3 Å².